The van der Waals surface area contributed by atoms with Crippen LogP contribution in [0.2, 0.25) is 0 Å². The van der Waals surface area contributed by atoms with Crippen molar-refractivity contribution in [1.29, 1.82) is 0 Å². The molecule has 0 aliphatic carbocycles. The van der Waals surface area contributed by atoms with Crippen molar-refractivity contribution >= 4 is 23.0 Å². The van der Waals surface area contributed by atoms with Crippen LogP contribution in [0.4, 0.5) is 18.9 Å². The molecule has 0 spiro atoms. The minimum atomic E-state index is -4.35. The number of nitrogens with zero attached hydrogens (tertiary/aromatic N) is 1. The molecule has 1 saturated heterocycles. The highest BCUT2D eigenvalue weighted by Crippen LogP contribution is 2.30. The van der Waals surface area contributed by atoms with Crippen molar-refractivity contribution in [2.24, 2.45) is 5.92 Å². The lowest BCUT2D eigenvalue weighted by Crippen LogP contribution is -2.37. The van der Waals surface area contributed by atoms with E-state index in [1.165, 1.54) is 18.9 Å². The van der Waals surface area contributed by atoms with Crippen LogP contribution in [0.3, 0.4) is 0 Å². The fourth-order valence-electron chi connectivity index (χ4n) is 2.94. The van der Waals surface area contributed by atoms with Gasteiger partial charge in [-0.25, -0.2) is 0 Å². The highest BCUT2D eigenvalue weighted by Gasteiger charge is 2.30. The molecule has 24 heavy (non-hydrogen) atoms. The average Bonchev–Trinajstić information content (AvgIpc) is 2.51. The first kappa shape index (κ1) is 19.0. The summed E-state index contributed by atoms with van der Waals surface area (Å²) in [6.45, 7) is 6.29. The second kappa shape index (κ2) is 8.67. The predicted octanol–water partition coefficient (Wildman–Crippen LogP) is 4.11. The second-order valence-electron chi connectivity index (χ2n) is 6.36. The van der Waals surface area contributed by atoms with Crippen LogP contribution < -0.4 is 10.6 Å². The fraction of sp³-hybridized carbons (Fsp3) is 0.588. The minimum absolute atomic E-state index is 0.340. The summed E-state index contributed by atoms with van der Waals surface area (Å²) in [6, 6.07) is 5.04. The second-order valence-corrected chi connectivity index (χ2v) is 6.77. The van der Waals surface area contributed by atoms with Gasteiger partial charge in [-0.2, -0.15) is 13.2 Å². The van der Waals surface area contributed by atoms with Crippen molar-refractivity contribution in [3.05, 3.63) is 29.8 Å². The van der Waals surface area contributed by atoms with Crippen molar-refractivity contribution in [3.63, 3.8) is 0 Å². The molecule has 0 unspecified atom stereocenters. The Labute approximate surface area is 146 Å². The third-order valence-corrected chi connectivity index (χ3v) is 4.37. The third-order valence-electron chi connectivity index (χ3n) is 4.13. The van der Waals surface area contributed by atoms with Gasteiger partial charge in [-0.3, -0.25) is 0 Å². The molecule has 2 rings (SSSR count). The van der Waals surface area contributed by atoms with Crippen LogP contribution >= 0.6 is 12.2 Å². The van der Waals surface area contributed by atoms with E-state index in [1.54, 1.807) is 6.07 Å². The van der Waals surface area contributed by atoms with Crippen molar-refractivity contribution in [2.45, 2.75) is 32.4 Å². The topological polar surface area (TPSA) is 27.3 Å². The number of hydrogen-bond acceptors (Lipinski definition) is 2. The van der Waals surface area contributed by atoms with E-state index < -0.39 is 11.7 Å². The Hall–Kier alpha value is -1.34. The molecule has 1 aromatic carbocycles. The Morgan fingerprint density at radius 1 is 1.38 bits per heavy atom. The molecule has 7 heteroatoms. The van der Waals surface area contributed by atoms with Crippen LogP contribution in [-0.2, 0) is 6.18 Å². The molecule has 0 bridgehead atoms. The number of likely N-dealkylation sites (tertiary alicyclic amines) is 1. The number of nitrogens with one attached hydrogen (secondary N) is 2. The largest absolute Gasteiger partial charge is 0.416 e. The number of anilines is 1. The number of rotatable bonds is 5. The molecule has 1 aromatic rings. The van der Waals surface area contributed by atoms with E-state index in [9.17, 15) is 13.2 Å². The van der Waals surface area contributed by atoms with Crippen LogP contribution in [0.1, 0.15) is 31.7 Å². The number of halogens is 3. The van der Waals surface area contributed by atoms with Crippen LogP contribution in [0.15, 0.2) is 24.3 Å². The van der Waals surface area contributed by atoms with Crippen LogP contribution in [0.25, 0.3) is 0 Å². The average molecular weight is 359 g/mol. The van der Waals surface area contributed by atoms with Gasteiger partial charge in [-0.15, -0.1) is 0 Å². The lowest BCUT2D eigenvalue weighted by atomic mass is 10.0. The Kier molecular flexibility index (Phi) is 6.86. The molecule has 1 heterocycles. The molecular formula is C17H24F3N3S. The van der Waals surface area contributed by atoms with Crippen LogP contribution in [0, 0.1) is 5.92 Å². The number of hydrogen-bond donors (Lipinski definition) is 2. The highest BCUT2D eigenvalue weighted by atomic mass is 32.1. The van der Waals surface area contributed by atoms with Crippen molar-refractivity contribution in [3.8, 4) is 0 Å². The van der Waals surface area contributed by atoms with Gasteiger partial charge in [0, 0.05) is 18.8 Å². The molecule has 3 nitrogen and oxygen atoms in total. The van der Waals surface area contributed by atoms with E-state index in [1.807, 2.05) is 0 Å². The van der Waals surface area contributed by atoms with E-state index >= 15 is 0 Å². The summed E-state index contributed by atoms with van der Waals surface area (Å²) in [5.74, 6) is 0.760. The molecule has 2 N–H and O–H groups in total. The lowest BCUT2D eigenvalue weighted by Gasteiger charge is -2.30. The molecule has 0 aromatic heterocycles. The van der Waals surface area contributed by atoms with Gasteiger partial charge in [-0.1, -0.05) is 13.0 Å². The quantitative estimate of drug-likeness (QED) is 0.611. The molecule has 0 radical (unpaired) electrons. The maximum Gasteiger partial charge on any atom is 0.416 e. The molecule has 134 valence electrons. The van der Waals surface area contributed by atoms with E-state index in [0.717, 1.165) is 44.1 Å². The van der Waals surface area contributed by atoms with Crippen molar-refractivity contribution in [2.75, 3.05) is 31.5 Å². The molecule has 1 atom stereocenters. The first-order valence-corrected chi connectivity index (χ1v) is 8.70. The van der Waals surface area contributed by atoms with Crippen molar-refractivity contribution < 1.29 is 13.2 Å². The summed E-state index contributed by atoms with van der Waals surface area (Å²) in [5.41, 5.74) is -0.346. The highest BCUT2D eigenvalue weighted by molar-refractivity contribution is 7.80. The zero-order valence-electron chi connectivity index (χ0n) is 13.8. The normalized spacial score (nSPS) is 19.1. The van der Waals surface area contributed by atoms with Crippen molar-refractivity contribution in [1.82, 2.24) is 10.2 Å². The summed E-state index contributed by atoms with van der Waals surface area (Å²) in [4.78, 5) is 2.46. The van der Waals surface area contributed by atoms with Gasteiger partial charge in [0.1, 0.15) is 0 Å². The van der Waals surface area contributed by atoms with Crippen LogP contribution in [0.5, 0.6) is 0 Å². The maximum absolute atomic E-state index is 12.7. The van der Waals surface area contributed by atoms with Gasteiger partial charge in [0.25, 0.3) is 0 Å². The van der Waals surface area contributed by atoms with Gasteiger partial charge in [-0.05, 0) is 68.7 Å². The number of alkyl halides is 3. The monoisotopic (exact) mass is 359 g/mol. The zero-order chi connectivity index (χ0) is 17.6. The van der Waals surface area contributed by atoms with Gasteiger partial charge in [0.05, 0.1) is 5.56 Å². The summed E-state index contributed by atoms with van der Waals surface area (Å²) in [6.07, 6.45) is -0.834. The van der Waals surface area contributed by atoms with Gasteiger partial charge < -0.3 is 15.5 Å². The van der Waals surface area contributed by atoms with Gasteiger partial charge in [0.2, 0.25) is 0 Å². The predicted molar refractivity (Wildman–Crippen MR) is 95.1 cm³/mol. The van der Waals surface area contributed by atoms with E-state index in [2.05, 4.69) is 22.5 Å². The van der Waals surface area contributed by atoms with E-state index in [0.29, 0.717) is 17.3 Å². The molecule has 1 aliphatic rings. The molecule has 1 fully saturated rings. The summed E-state index contributed by atoms with van der Waals surface area (Å²) in [5, 5.41) is 6.21. The maximum atomic E-state index is 12.7. The van der Waals surface area contributed by atoms with Gasteiger partial charge in [0.15, 0.2) is 5.11 Å². The molecule has 0 amide bonds. The standard InChI is InChI=1S/C17H24F3N3S/c1-13-5-3-9-23(12-13)10-4-8-21-16(24)22-15-7-2-6-14(11-15)17(18,19)20/h2,6-7,11,13H,3-5,8-10,12H2,1H3,(H2,21,22,24)/t13-/m1/s1. The number of thiocarbonyl (C=S) groups is 1. The third kappa shape index (κ3) is 6.28. The molecule has 0 saturated carbocycles. The smallest absolute Gasteiger partial charge is 0.362 e. The summed E-state index contributed by atoms with van der Waals surface area (Å²) < 4.78 is 38.0. The SMILES string of the molecule is C[C@@H]1CCCN(CCCNC(=S)Nc2cccc(C(F)(F)F)c2)C1. The Morgan fingerprint density at radius 3 is 2.88 bits per heavy atom. The number of piperidine rings is 1. The molecule has 1 aliphatic heterocycles. The summed E-state index contributed by atoms with van der Waals surface area (Å²) in [7, 11) is 0. The van der Waals surface area contributed by atoms with Gasteiger partial charge >= 0.3 is 6.18 Å². The molecular weight excluding hydrogens is 335 g/mol. The van der Waals surface area contributed by atoms with E-state index in [-0.39, 0.29) is 0 Å². The lowest BCUT2D eigenvalue weighted by molar-refractivity contribution is -0.137. The Balaban J connectivity index is 1.70. The summed E-state index contributed by atoms with van der Waals surface area (Å²) >= 11 is 5.14. The zero-order valence-corrected chi connectivity index (χ0v) is 14.6. The first-order chi connectivity index (χ1) is 11.3. The Bertz CT molecular complexity index is 548. The number of benzene rings is 1. The minimum Gasteiger partial charge on any atom is -0.362 e. The Morgan fingerprint density at radius 2 is 2.17 bits per heavy atom. The van der Waals surface area contributed by atoms with Crippen LogP contribution in [-0.4, -0.2) is 36.2 Å². The fourth-order valence-corrected chi connectivity index (χ4v) is 3.16. The first-order valence-electron chi connectivity index (χ1n) is 8.29. The van der Waals surface area contributed by atoms with E-state index in [4.69, 9.17) is 12.2 Å².